The number of aromatic carboxylic acids is 1. The molecule has 1 saturated carbocycles. The van der Waals surface area contributed by atoms with Crippen molar-refractivity contribution >= 4 is 17.6 Å². The van der Waals surface area contributed by atoms with E-state index in [4.69, 9.17) is 9.47 Å². The van der Waals surface area contributed by atoms with Gasteiger partial charge in [0, 0.05) is 12.3 Å². The number of carbonyl (C=O) groups excluding carboxylic acids is 1. The van der Waals surface area contributed by atoms with Crippen LogP contribution in [0.1, 0.15) is 61.4 Å². The van der Waals surface area contributed by atoms with Gasteiger partial charge in [-0.05, 0) is 73.6 Å². The summed E-state index contributed by atoms with van der Waals surface area (Å²) in [6.07, 6.45) is 9.10. The molecule has 1 aromatic heterocycles. The Morgan fingerprint density at radius 2 is 1.64 bits per heavy atom. The number of carboxylic acids is 1. The third kappa shape index (κ3) is 7.31. The Kier molecular flexibility index (Phi) is 8.55. The molecule has 188 valence electrons. The Morgan fingerprint density at radius 3 is 2.31 bits per heavy atom. The van der Waals surface area contributed by atoms with Crippen LogP contribution in [0.4, 0.5) is 5.69 Å². The molecule has 1 amide bonds. The highest BCUT2D eigenvalue weighted by atomic mass is 16.5. The number of aromatic nitrogens is 1. The van der Waals surface area contributed by atoms with Crippen LogP contribution < -0.4 is 14.8 Å². The summed E-state index contributed by atoms with van der Waals surface area (Å²) in [6.45, 7) is 2.34. The Balaban J connectivity index is 1.28. The lowest BCUT2D eigenvalue weighted by Crippen LogP contribution is -2.19. The predicted molar refractivity (Wildman–Crippen MR) is 138 cm³/mol. The Bertz CT molecular complexity index is 1150. The minimum absolute atomic E-state index is 0.0449. The van der Waals surface area contributed by atoms with E-state index in [1.165, 1.54) is 31.7 Å². The van der Waals surface area contributed by atoms with Crippen LogP contribution >= 0.6 is 0 Å². The molecule has 0 radical (unpaired) electrons. The minimum Gasteiger partial charge on any atom is -0.490 e. The summed E-state index contributed by atoms with van der Waals surface area (Å²) < 4.78 is 12.0. The molecule has 0 aliphatic heterocycles. The minimum atomic E-state index is -1.09. The van der Waals surface area contributed by atoms with Crippen molar-refractivity contribution in [3.63, 3.8) is 0 Å². The van der Waals surface area contributed by atoms with E-state index in [1.807, 2.05) is 24.3 Å². The third-order valence-corrected chi connectivity index (χ3v) is 6.39. The number of ether oxygens (including phenoxy) is 2. The van der Waals surface area contributed by atoms with Gasteiger partial charge in [0.15, 0.2) is 0 Å². The Morgan fingerprint density at radius 1 is 0.944 bits per heavy atom. The van der Waals surface area contributed by atoms with Gasteiger partial charge in [-0.25, -0.2) is 9.78 Å². The van der Waals surface area contributed by atoms with Crippen molar-refractivity contribution in [1.29, 1.82) is 0 Å². The zero-order valence-electron chi connectivity index (χ0n) is 20.5. The van der Waals surface area contributed by atoms with Crippen molar-refractivity contribution in [2.45, 2.75) is 58.0 Å². The zero-order valence-corrected chi connectivity index (χ0v) is 20.5. The maximum absolute atomic E-state index is 12.4. The van der Waals surface area contributed by atoms with Gasteiger partial charge in [0.2, 0.25) is 11.8 Å². The smallest absolute Gasteiger partial charge is 0.337 e. The number of rotatable bonds is 8. The van der Waals surface area contributed by atoms with Crippen molar-refractivity contribution in [2.24, 2.45) is 5.92 Å². The Labute approximate surface area is 211 Å². The molecule has 0 spiro atoms. The second-order valence-electron chi connectivity index (χ2n) is 9.36. The fraction of sp³-hybridized carbons (Fsp3) is 0.345. The van der Waals surface area contributed by atoms with Crippen molar-refractivity contribution in [3.8, 4) is 17.4 Å². The molecule has 0 atom stereocenters. The van der Waals surface area contributed by atoms with Gasteiger partial charge in [-0.2, -0.15) is 0 Å². The molecular formula is C29H32N2O5. The van der Waals surface area contributed by atoms with E-state index in [9.17, 15) is 14.7 Å². The predicted octanol–water partition coefficient (Wildman–Crippen LogP) is 6.49. The zero-order chi connectivity index (χ0) is 25.3. The van der Waals surface area contributed by atoms with Gasteiger partial charge >= 0.3 is 5.97 Å². The van der Waals surface area contributed by atoms with E-state index >= 15 is 0 Å². The van der Waals surface area contributed by atoms with Gasteiger partial charge in [-0.3, -0.25) is 4.79 Å². The van der Waals surface area contributed by atoms with Crippen LogP contribution in [-0.2, 0) is 11.2 Å². The maximum atomic E-state index is 12.4. The molecule has 1 aliphatic rings. The fourth-order valence-corrected chi connectivity index (χ4v) is 4.43. The number of hydrogen-bond donors (Lipinski definition) is 2. The summed E-state index contributed by atoms with van der Waals surface area (Å²) in [5.41, 5.74) is 0.993. The number of anilines is 1. The van der Waals surface area contributed by atoms with E-state index in [-0.39, 0.29) is 29.7 Å². The molecule has 7 heteroatoms. The van der Waals surface area contributed by atoms with Gasteiger partial charge in [-0.15, -0.1) is 0 Å². The molecule has 3 aromatic rings. The molecule has 36 heavy (non-hydrogen) atoms. The normalized spacial score (nSPS) is 17.9. The van der Waals surface area contributed by atoms with E-state index in [1.54, 1.807) is 36.5 Å². The van der Waals surface area contributed by atoms with Crippen LogP contribution in [0.5, 0.6) is 17.4 Å². The molecule has 4 rings (SSSR count). The highest BCUT2D eigenvalue weighted by Crippen LogP contribution is 2.27. The summed E-state index contributed by atoms with van der Waals surface area (Å²) in [4.78, 5) is 28.0. The van der Waals surface area contributed by atoms with Crippen LogP contribution in [0, 0.1) is 5.92 Å². The number of carboxylic acid groups (broad SMARTS) is 1. The van der Waals surface area contributed by atoms with Crippen molar-refractivity contribution in [1.82, 2.24) is 4.98 Å². The molecule has 0 bridgehead atoms. The molecule has 1 aliphatic carbocycles. The van der Waals surface area contributed by atoms with Gasteiger partial charge < -0.3 is 19.9 Å². The van der Waals surface area contributed by atoms with E-state index in [0.29, 0.717) is 17.2 Å². The van der Waals surface area contributed by atoms with Crippen LogP contribution in [-0.4, -0.2) is 28.1 Å². The quantitative estimate of drug-likeness (QED) is 0.376. The molecule has 0 saturated heterocycles. The van der Waals surface area contributed by atoms with Gasteiger partial charge in [-0.1, -0.05) is 38.0 Å². The van der Waals surface area contributed by atoms with E-state index < -0.39 is 5.97 Å². The standard InChI is InChI=1S/C29H32N2O5/c1-20-6-4-8-22(9-5-7-20)35-23-13-15-24(16-14-23)36-28-17-12-21(19-30-28)18-27(32)31-26-11-3-2-10-25(26)29(33)34/h2-3,10-17,19-20,22H,4-9,18H2,1H3,(H,31,32)(H,33,34). The first-order chi connectivity index (χ1) is 17.5. The molecular weight excluding hydrogens is 456 g/mol. The maximum Gasteiger partial charge on any atom is 0.337 e. The summed E-state index contributed by atoms with van der Waals surface area (Å²) in [5.74, 6) is 1.32. The first-order valence-corrected chi connectivity index (χ1v) is 12.5. The van der Waals surface area contributed by atoms with Gasteiger partial charge in [0.25, 0.3) is 0 Å². The lowest BCUT2D eigenvalue weighted by molar-refractivity contribution is -0.115. The number of hydrogen-bond acceptors (Lipinski definition) is 5. The average Bonchev–Trinajstić information content (AvgIpc) is 2.85. The summed E-state index contributed by atoms with van der Waals surface area (Å²) >= 11 is 0. The lowest BCUT2D eigenvalue weighted by atomic mass is 9.91. The van der Waals surface area contributed by atoms with Crippen molar-refractivity contribution < 1.29 is 24.2 Å². The lowest BCUT2D eigenvalue weighted by Gasteiger charge is -2.23. The molecule has 1 fully saturated rings. The molecule has 2 N–H and O–H groups in total. The number of nitrogens with one attached hydrogen (secondary N) is 1. The van der Waals surface area contributed by atoms with Crippen molar-refractivity contribution in [2.75, 3.05) is 5.32 Å². The second-order valence-corrected chi connectivity index (χ2v) is 9.36. The first kappa shape index (κ1) is 25.2. The van der Waals surface area contributed by atoms with Gasteiger partial charge in [0.05, 0.1) is 23.8 Å². The number of pyridine rings is 1. The van der Waals surface area contributed by atoms with Crippen LogP contribution in [0.25, 0.3) is 0 Å². The number of nitrogens with zero attached hydrogens (tertiary/aromatic N) is 1. The van der Waals surface area contributed by atoms with Crippen LogP contribution in [0.3, 0.4) is 0 Å². The van der Waals surface area contributed by atoms with Crippen LogP contribution in [0.2, 0.25) is 0 Å². The SMILES string of the molecule is CC1CCCC(Oc2ccc(Oc3ccc(CC(=O)Nc4ccccc4C(=O)O)cn3)cc2)CCC1. The molecule has 1 heterocycles. The summed E-state index contributed by atoms with van der Waals surface area (Å²) in [6, 6.07) is 17.3. The molecule has 7 nitrogen and oxygen atoms in total. The highest BCUT2D eigenvalue weighted by molar-refractivity contribution is 6.00. The highest BCUT2D eigenvalue weighted by Gasteiger charge is 2.16. The monoisotopic (exact) mass is 488 g/mol. The van der Waals surface area contributed by atoms with Crippen LogP contribution in [0.15, 0.2) is 66.9 Å². The number of carbonyl (C=O) groups is 2. The van der Waals surface area contributed by atoms with Crippen molar-refractivity contribution in [3.05, 3.63) is 78.0 Å². The molecule has 0 unspecified atom stereocenters. The number of benzene rings is 2. The largest absolute Gasteiger partial charge is 0.490 e. The fourth-order valence-electron chi connectivity index (χ4n) is 4.43. The Hall–Kier alpha value is -3.87. The topological polar surface area (TPSA) is 97.8 Å². The van der Waals surface area contributed by atoms with Gasteiger partial charge in [0.1, 0.15) is 11.5 Å². The average molecular weight is 489 g/mol. The first-order valence-electron chi connectivity index (χ1n) is 12.5. The molecule has 2 aromatic carbocycles. The van der Waals surface area contributed by atoms with E-state index in [0.717, 1.165) is 24.5 Å². The summed E-state index contributed by atoms with van der Waals surface area (Å²) in [5, 5.41) is 11.9. The summed E-state index contributed by atoms with van der Waals surface area (Å²) in [7, 11) is 0. The van der Waals surface area contributed by atoms with E-state index in [2.05, 4.69) is 17.2 Å². The third-order valence-electron chi connectivity index (χ3n) is 6.39. The number of para-hydroxylation sites is 1. The second kappa shape index (κ2) is 12.2. The number of amides is 1.